The molecule has 1 aliphatic rings. The van der Waals surface area contributed by atoms with Gasteiger partial charge in [-0.15, -0.1) is 12.4 Å². The molecule has 1 heterocycles. The molecule has 1 atom stereocenters. The van der Waals surface area contributed by atoms with E-state index in [1.54, 1.807) is 6.07 Å². The number of aryl methyl sites for hydroxylation is 1. The van der Waals surface area contributed by atoms with Gasteiger partial charge in [0, 0.05) is 17.8 Å². The highest BCUT2D eigenvalue weighted by molar-refractivity contribution is 5.96. The number of carbonyl (C=O) groups is 2. The van der Waals surface area contributed by atoms with Crippen LogP contribution in [0, 0.1) is 0 Å². The van der Waals surface area contributed by atoms with Crippen LogP contribution in [0.1, 0.15) is 38.2 Å². The molecule has 0 aromatic heterocycles. The van der Waals surface area contributed by atoms with Crippen LogP contribution in [0.15, 0.2) is 18.2 Å². The summed E-state index contributed by atoms with van der Waals surface area (Å²) >= 11 is 0. The van der Waals surface area contributed by atoms with E-state index in [9.17, 15) is 9.59 Å². The Morgan fingerprint density at radius 3 is 2.90 bits per heavy atom. The number of anilines is 2. The number of hydrogen-bond donors (Lipinski definition) is 3. The lowest BCUT2D eigenvalue weighted by molar-refractivity contribution is -0.117. The molecule has 0 fully saturated rings. The first-order valence-corrected chi connectivity index (χ1v) is 7.09. The molecule has 21 heavy (non-hydrogen) atoms. The van der Waals surface area contributed by atoms with Crippen LogP contribution in [0.3, 0.4) is 0 Å². The van der Waals surface area contributed by atoms with Crippen molar-refractivity contribution in [3.8, 4) is 0 Å². The first-order chi connectivity index (χ1) is 9.60. The number of carbonyl (C=O) groups excluding carboxylic acids is 2. The molecule has 0 aliphatic carbocycles. The monoisotopic (exact) mass is 311 g/mol. The molecule has 0 bridgehead atoms. The number of benzene rings is 1. The van der Waals surface area contributed by atoms with Crippen molar-refractivity contribution in [1.29, 1.82) is 0 Å². The first-order valence-electron chi connectivity index (χ1n) is 7.09. The Hall–Kier alpha value is -1.59. The minimum atomic E-state index is -0.474. The number of amides is 2. The normalized spacial score (nSPS) is 15.0. The van der Waals surface area contributed by atoms with Crippen LogP contribution in [0.5, 0.6) is 0 Å². The molecule has 2 rings (SSSR count). The van der Waals surface area contributed by atoms with E-state index in [1.165, 1.54) is 0 Å². The number of hydrogen-bond acceptors (Lipinski definition) is 3. The molecule has 0 radical (unpaired) electrons. The molecule has 1 aromatic rings. The number of fused-ring (bicyclic) bond motifs is 1. The van der Waals surface area contributed by atoms with Gasteiger partial charge in [-0.1, -0.05) is 13.3 Å². The lowest BCUT2D eigenvalue weighted by atomic mass is 10.1. The molecule has 0 spiro atoms. The molecule has 1 unspecified atom stereocenters. The van der Waals surface area contributed by atoms with Crippen molar-refractivity contribution in [2.45, 2.75) is 45.1 Å². The minimum Gasteiger partial charge on any atom is -0.326 e. The van der Waals surface area contributed by atoms with Crippen molar-refractivity contribution in [2.24, 2.45) is 5.73 Å². The fourth-order valence-electron chi connectivity index (χ4n) is 2.33. The van der Waals surface area contributed by atoms with Gasteiger partial charge in [0.15, 0.2) is 0 Å². The van der Waals surface area contributed by atoms with Crippen LogP contribution in [0.2, 0.25) is 0 Å². The molecule has 5 nitrogen and oxygen atoms in total. The largest absolute Gasteiger partial charge is 0.326 e. The predicted molar refractivity (Wildman–Crippen MR) is 86.8 cm³/mol. The third-order valence-corrected chi connectivity index (χ3v) is 3.43. The van der Waals surface area contributed by atoms with Crippen molar-refractivity contribution in [2.75, 3.05) is 10.6 Å². The van der Waals surface area contributed by atoms with Gasteiger partial charge in [0.25, 0.3) is 0 Å². The van der Waals surface area contributed by atoms with Crippen LogP contribution in [0.25, 0.3) is 0 Å². The average Bonchev–Trinajstić information content (AvgIpc) is 2.59. The summed E-state index contributed by atoms with van der Waals surface area (Å²) in [5.74, 6) is -0.116. The van der Waals surface area contributed by atoms with E-state index in [0.717, 1.165) is 36.2 Å². The van der Waals surface area contributed by atoms with E-state index in [-0.39, 0.29) is 24.2 Å². The zero-order valence-electron chi connectivity index (χ0n) is 12.1. The van der Waals surface area contributed by atoms with Gasteiger partial charge >= 0.3 is 0 Å². The highest BCUT2D eigenvalue weighted by Crippen LogP contribution is 2.25. The SMILES string of the molecule is CCCC(N)C(=O)Nc1ccc2c(c1)CCCC(=O)N2.Cl. The van der Waals surface area contributed by atoms with Crippen molar-refractivity contribution >= 4 is 35.6 Å². The zero-order chi connectivity index (χ0) is 14.5. The third kappa shape index (κ3) is 4.72. The van der Waals surface area contributed by atoms with Gasteiger partial charge in [0.05, 0.1) is 6.04 Å². The molecule has 4 N–H and O–H groups in total. The summed E-state index contributed by atoms with van der Waals surface area (Å²) in [6.07, 6.45) is 3.75. The number of rotatable bonds is 4. The molecule has 6 heteroatoms. The molecule has 1 aliphatic heterocycles. The molecule has 0 saturated heterocycles. The second-order valence-corrected chi connectivity index (χ2v) is 5.16. The van der Waals surface area contributed by atoms with Crippen molar-refractivity contribution in [3.05, 3.63) is 23.8 Å². The van der Waals surface area contributed by atoms with E-state index in [0.29, 0.717) is 12.8 Å². The van der Waals surface area contributed by atoms with Crippen LogP contribution < -0.4 is 16.4 Å². The van der Waals surface area contributed by atoms with E-state index < -0.39 is 6.04 Å². The topological polar surface area (TPSA) is 84.2 Å². The van der Waals surface area contributed by atoms with E-state index in [4.69, 9.17) is 5.73 Å². The number of nitrogens with one attached hydrogen (secondary N) is 2. The van der Waals surface area contributed by atoms with Crippen molar-refractivity contribution in [3.63, 3.8) is 0 Å². The maximum atomic E-state index is 11.9. The molecular formula is C15H22ClN3O2. The van der Waals surface area contributed by atoms with Gasteiger partial charge in [-0.05, 0) is 43.0 Å². The molecular weight excluding hydrogens is 290 g/mol. The Bertz CT molecular complexity index is 520. The van der Waals surface area contributed by atoms with E-state index >= 15 is 0 Å². The Kier molecular flexibility index (Phi) is 6.65. The molecule has 116 valence electrons. The summed E-state index contributed by atoms with van der Waals surface area (Å²) in [5, 5.41) is 5.70. The van der Waals surface area contributed by atoms with Gasteiger partial charge in [0.2, 0.25) is 11.8 Å². The van der Waals surface area contributed by atoms with Crippen LogP contribution in [-0.4, -0.2) is 17.9 Å². The lowest BCUT2D eigenvalue weighted by Gasteiger charge is -2.13. The van der Waals surface area contributed by atoms with Gasteiger partial charge in [-0.3, -0.25) is 9.59 Å². The summed E-state index contributed by atoms with van der Waals surface area (Å²) in [6.45, 7) is 2.00. The maximum Gasteiger partial charge on any atom is 0.241 e. The van der Waals surface area contributed by atoms with Crippen molar-refractivity contribution < 1.29 is 9.59 Å². The second-order valence-electron chi connectivity index (χ2n) is 5.16. The Morgan fingerprint density at radius 1 is 1.43 bits per heavy atom. The maximum absolute atomic E-state index is 11.9. The van der Waals surface area contributed by atoms with Crippen molar-refractivity contribution in [1.82, 2.24) is 0 Å². The van der Waals surface area contributed by atoms with E-state index in [2.05, 4.69) is 10.6 Å². The lowest BCUT2D eigenvalue weighted by Crippen LogP contribution is -2.35. The number of halogens is 1. The quantitative estimate of drug-likeness (QED) is 0.798. The molecule has 1 aromatic carbocycles. The summed E-state index contributed by atoms with van der Waals surface area (Å²) in [6, 6.07) is 5.07. The standard InChI is InChI=1S/C15H21N3O2.ClH/c1-2-4-12(16)15(20)17-11-7-8-13-10(9-11)5-3-6-14(19)18-13;/h7-9,12H,2-6,16H2,1H3,(H,17,20)(H,18,19);1H. The Balaban J connectivity index is 0.00000220. The fourth-order valence-corrected chi connectivity index (χ4v) is 2.33. The third-order valence-electron chi connectivity index (χ3n) is 3.43. The Morgan fingerprint density at radius 2 is 2.19 bits per heavy atom. The van der Waals surface area contributed by atoms with Gasteiger partial charge < -0.3 is 16.4 Å². The number of nitrogens with two attached hydrogens (primary N) is 1. The van der Waals surface area contributed by atoms with E-state index in [1.807, 2.05) is 19.1 Å². The van der Waals surface area contributed by atoms with Gasteiger partial charge in [-0.25, -0.2) is 0 Å². The summed E-state index contributed by atoms with van der Waals surface area (Å²) in [4.78, 5) is 23.4. The average molecular weight is 312 g/mol. The summed E-state index contributed by atoms with van der Waals surface area (Å²) in [7, 11) is 0. The molecule has 2 amide bonds. The summed E-state index contributed by atoms with van der Waals surface area (Å²) in [5.41, 5.74) is 8.41. The smallest absolute Gasteiger partial charge is 0.241 e. The first kappa shape index (κ1) is 17.5. The minimum absolute atomic E-state index is 0. The second kappa shape index (κ2) is 8.00. The molecule has 0 saturated carbocycles. The van der Waals surface area contributed by atoms with Gasteiger partial charge in [-0.2, -0.15) is 0 Å². The Labute approximate surface area is 131 Å². The zero-order valence-corrected chi connectivity index (χ0v) is 13.0. The highest BCUT2D eigenvalue weighted by Gasteiger charge is 2.15. The predicted octanol–water partition coefficient (Wildman–Crippen LogP) is 2.45. The fraction of sp³-hybridized carbons (Fsp3) is 0.467. The summed E-state index contributed by atoms with van der Waals surface area (Å²) < 4.78 is 0. The van der Waals surface area contributed by atoms with Crippen LogP contribution in [-0.2, 0) is 16.0 Å². The highest BCUT2D eigenvalue weighted by atomic mass is 35.5. The van der Waals surface area contributed by atoms with Gasteiger partial charge in [0.1, 0.15) is 0 Å². The van der Waals surface area contributed by atoms with Crippen LogP contribution >= 0.6 is 12.4 Å². The van der Waals surface area contributed by atoms with Crippen LogP contribution in [0.4, 0.5) is 11.4 Å².